The van der Waals surface area contributed by atoms with E-state index in [9.17, 15) is 4.79 Å². The Bertz CT molecular complexity index is 479. The van der Waals surface area contributed by atoms with Crippen molar-refractivity contribution in [2.45, 2.75) is 38.6 Å². The predicted molar refractivity (Wildman–Crippen MR) is 75.6 cm³/mol. The van der Waals surface area contributed by atoms with Crippen LogP contribution < -0.4 is 15.4 Å². The Morgan fingerprint density at radius 2 is 2.05 bits per heavy atom. The molecule has 4 heteroatoms. The van der Waals surface area contributed by atoms with E-state index in [0.717, 1.165) is 23.0 Å². The molecule has 19 heavy (non-hydrogen) atoms. The minimum atomic E-state index is -0.0869. The van der Waals surface area contributed by atoms with Crippen LogP contribution in [0.25, 0.3) is 0 Å². The molecule has 102 valence electrons. The van der Waals surface area contributed by atoms with E-state index in [1.54, 1.807) is 0 Å². The first-order chi connectivity index (χ1) is 9.20. The number of carbonyl (C=O) groups is 1. The van der Waals surface area contributed by atoms with E-state index in [1.807, 2.05) is 18.2 Å². The van der Waals surface area contributed by atoms with Crippen LogP contribution in [0.3, 0.4) is 0 Å². The highest BCUT2D eigenvalue weighted by Gasteiger charge is 2.19. The van der Waals surface area contributed by atoms with E-state index in [2.05, 4.69) is 17.6 Å². The molecule has 1 aromatic rings. The number of carbonyl (C=O) groups excluding carboxylic acids is 1. The van der Waals surface area contributed by atoms with Crippen molar-refractivity contribution < 1.29 is 9.53 Å². The predicted octanol–water partition coefficient (Wildman–Crippen LogP) is 3.01. The second kappa shape index (κ2) is 5.11. The maximum Gasteiger partial charge on any atom is 0.262 e. The zero-order chi connectivity index (χ0) is 13.2. The highest BCUT2D eigenvalue weighted by Crippen LogP contribution is 2.32. The van der Waals surface area contributed by atoms with Crippen molar-refractivity contribution in [1.82, 2.24) is 0 Å². The average Bonchev–Trinajstić information content (AvgIpc) is 2.41. The first kappa shape index (κ1) is 12.3. The molecule has 0 radical (unpaired) electrons. The molecule has 0 unspecified atom stereocenters. The summed E-state index contributed by atoms with van der Waals surface area (Å²) in [5.41, 5.74) is 1.83. The summed E-state index contributed by atoms with van der Waals surface area (Å²) in [6.07, 6.45) is 5.03. The molecule has 1 amide bonds. The van der Waals surface area contributed by atoms with E-state index in [1.165, 1.54) is 25.7 Å². The standard InChI is InChI=1S/C15H20N2O2/c1-10-2-4-11(5-3-10)16-12-6-7-14-13(8-12)17-15(18)9-19-14/h6-8,10-11,16H,2-5,9H2,1H3,(H,17,18). The van der Waals surface area contributed by atoms with E-state index in [-0.39, 0.29) is 12.5 Å². The molecule has 2 N–H and O–H groups in total. The van der Waals surface area contributed by atoms with Gasteiger partial charge in [0.15, 0.2) is 6.61 Å². The zero-order valence-electron chi connectivity index (χ0n) is 11.2. The van der Waals surface area contributed by atoms with Gasteiger partial charge in [0.2, 0.25) is 0 Å². The lowest BCUT2D eigenvalue weighted by Gasteiger charge is -2.28. The van der Waals surface area contributed by atoms with E-state index < -0.39 is 0 Å². The van der Waals surface area contributed by atoms with Gasteiger partial charge in [0.05, 0.1) is 5.69 Å². The molecule has 1 aliphatic heterocycles. The summed E-state index contributed by atoms with van der Waals surface area (Å²) in [6, 6.07) is 6.45. The minimum Gasteiger partial charge on any atom is -0.482 e. The number of ether oxygens (including phenoxy) is 1. The number of hydrogen-bond donors (Lipinski definition) is 2. The molecule has 4 nitrogen and oxygen atoms in total. The largest absolute Gasteiger partial charge is 0.482 e. The van der Waals surface area contributed by atoms with Crippen LogP contribution in [0.5, 0.6) is 5.75 Å². The van der Waals surface area contributed by atoms with Gasteiger partial charge >= 0.3 is 0 Å². The number of fused-ring (bicyclic) bond motifs is 1. The average molecular weight is 260 g/mol. The van der Waals surface area contributed by atoms with Crippen molar-refractivity contribution in [3.8, 4) is 5.75 Å². The van der Waals surface area contributed by atoms with Crippen LogP contribution in [0, 0.1) is 5.92 Å². The van der Waals surface area contributed by atoms with Gasteiger partial charge in [0.25, 0.3) is 5.91 Å². The lowest BCUT2D eigenvalue weighted by Crippen LogP contribution is -2.27. The molecule has 0 saturated heterocycles. The van der Waals surface area contributed by atoms with Crippen LogP contribution in [0.15, 0.2) is 18.2 Å². The minimum absolute atomic E-state index is 0.0869. The summed E-state index contributed by atoms with van der Waals surface area (Å²) < 4.78 is 5.35. The smallest absolute Gasteiger partial charge is 0.262 e. The molecule has 1 aromatic carbocycles. The lowest BCUT2D eigenvalue weighted by atomic mass is 9.87. The summed E-state index contributed by atoms with van der Waals surface area (Å²) >= 11 is 0. The highest BCUT2D eigenvalue weighted by molar-refractivity contribution is 5.96. The summed E-state index contributed by atoms with van der Waals surface area (Å²) in [6.45, 7) is 2.43. The molecule has 1 heterocycles. The Kier molecular flexibility index (Phi) is 3.32. The number of rotatable bonds is 2. The Labute approximate surface area is 113 Å². The Balaban J connectivity index is 1.68. The molecule has 1 saturated carbocycles. The van der Waals surface area contributed by atoms with Crippen LogP contribution in [0.1, 0.15) is 32.6 Å². The van der Waals surface area contributed by atoms with Crippen molar-refractivity contribution in [2.24, 2.45) is 5.92 Å². The van der Waals surface area contributed by atoms with Gasteiger partial charge in [-0.1, -0.05) is 6.92 Å². The van der Waals surface area contributed by atoms with Crippen molar-refractivity contribution in [3.05, 3.63) is 18.2 Å². The van der Waals surface area contributed by atoms with Crippen LogP contribution in [-0.4, -0.2) is 18.6 Å². The first-order valence-electron chi connectivity index (χ1n) is 7.04. The molecular weight excluding hydrogens is 240 g/mol. The van der Waals surface area contributed by atoms with Gasteiger partial charge in [-0.3, -0.25) is 4.79 Å². The lowest BCUT2D eigenvalue weighted by molar-refractivity contribution is -0.118. The zero-order valence-corrected chi connectivity index (χ0v) is 11.2. The van der Waals surface area contributed by atoms with Crippen LogP contribution in [0.2, 0.25) is 0 Å². The summed E-state index contributed by atoms with van der Waals surface area (Å²) in [5, 5.41) is 6.40. The normalized spacial score (nSPS) is 26.1. The van der Waals surface area contributed by atoms with Gasteiger partial charge in [0, 0.05) is 11.7 Å². The van der Waals surface area contributed by atoms with Crippen LogP contribution in [0.4, 0.5) is 11.4 Å². The molecular formula is C15H20N2O2. The third kappa shape index (κ3) is 2.83. The molecule has 2 aliphatic rings. The number of benzene rings is 1. The number of hydrogen-bond acceptors (Lipinski definition) is 3. The molecule has 1 aliphatic carbocycles. The van der Waals surface area contributed by atoms with Gasteiger partial charge in [-0.05, 0) is 49.8 Å². The number of anilines is 2. The van der Waals surface area contributed by atoms with E-state index in [4.69, 9.17) is 4.74 Å². The fourth-order valence-corrected chi connectivity index (χ4v) is 2.81. The Morgan fingerprint density at radius 3 is 2.84 bits per heavy atom. The second-order valence-electron chi connectivity index (χ2n) is 5.65. The molecule has 0 atom stereocenters. The quantitative estimate of drug-likeness (QED) is 0.859. The Morgan fingerprint density at radius 1 is 1.26 bits per heavy atom. The molecule has 1 fully saturated rings. The maximum atomic E-state index is 11.3. The first-order valence-corrected chi connectivity index (χ1v) is 7.04. The fourth-order valence-electron chi connectivity index (χ4n) is 2.81. The van der Waals surface area contributed by atoms with E-state index in [0.29, 0.717) is 6.04 Å². The van der Waals surface area contributed by atoms with Crippen LogP contribution >= 0.6 is 0 Å². The van der Waals surface area contributed by atoms with Gasteiger partial charge in [-0.2, -0.15) is 0 Å². The number of nitrogens with one attached hydrogen (secondary N) is 2. The SMILES string of the molecule is CC1CCC(Nc2ccc3c(c2)NC(=O)CO3)CC1. The third-order valence-electron chi connectivity index (χ3n) is 4.00. The Hall–Kier alpha value is -1.71. The topological polar surface area (TPSA) is 50.4 Å². The highest BCUT2D eigenvalue weighted by atomic mass is 16.5. The summed E-state index contributed by atoms with van der Waals surface area (Å²) in [5.74, 6) is 1.52. The molecule has 0 spiro atoms. The second-order valence-corrected chi connectivity index (χ2v) is 5.65. The molecule has 0 bridgehead atoms. The van der Waals surface area contributed by atoms with E-state index >= 15 is 0 Å². The van der Waals surface area contributed by atoms with Gasteiger partial charge in [0.1, 0.15) is 5.75 Å². The summed E-state index contributed by atoms with van der Waals surface area (Å²) in [7, 11) is 0. The number of amides is 1. The summed E-state index contributed by atoms with van der Waals surface area (Å²) in [4.78, 5) is 11.3. The molecule has 3 rings (SSSR count). The van der Waals surface area contributed by atoms with Crippen LogP contribution in [-0.2, 0) is 4.79 Å². The van der Waals surface area contributed by atoms with Crippen molar-refractivity contribution in [2.75, 3.05) is 17.2 Å². The van der Waals surface area contributed by atoms with Gasteiger partial charge in [-0.25, -0.2) is 0 Å². The fraction of sp³-hybridized carbons (Fsp3) is 0.533. The van der Waals surface area contributed by atoms with Crippen molar-refractivity contribution >= 4 is 17.3 Å². The van der Waals surface area contributed by atoms with Crippen molar-refractivity contribution in [1.29, 1.82) is 0 Å². The van der Waals surface area contributed by atoms with Gasteiger partial charge < -0.3 is 15.4 Å². The monoisotopic (exact) mass is 260 g/mol. The third-order valence-corrected chi connectivity index (χ3v) is 4.00. The van der Waals surface area contributed by atoms with Gasteiger partial charge in [-0.15, -0.1) is 0 Å². The molecule has 0 aromatic heterocycles. The van der Waals surface area contributed by atoms with Crippen molar-refractivity contribution in [3.63, 3.8) is 0 Å². The maximum absolute atomic E-state index is 11.3.